The van der Waals surface area contributed by atoms with Crippen molar-refractivity contribution in [2.75, 3.05) is 26.8 Å². The zero-order valence-electron chi connectivity index (χ0n) is 10.7. The lowest BCUT2D eigenvalue weighted by Crippen LogP contribution is -2.58. The van der Waals surface area contributed by atoms with Crippen molar-refractivity contribution in [2.24, 2.45) is 11.1 Å². The van der Waals surface area contributed by atoms with Gasteiger partial charge in [0.05, 0.1) is 13.2 Å². The molecule has 0 bridgehead atoms. The van der Waals surface area contributed by atoms with Crippen LogP contribution in [0.25, 0.3) is 0 Å². The summed E-state index contributed by atoms with van der Waals surface area (Å²) in [4.78, 5) is 13.8. The summed E-state index contributed by atoms with van der Waals surface area (Å²) < 4.78 is 19.5. The van der Waals surface area contributed by atoms with Gasteiger partial charge in [-0.3, -0.25) is 4.79 Å². The molecule has 1 heterocycles. The summed E-state index contributed by atoms with van der Waals surface area (Å²) in [7, 11) is 1.65. The summed E-state index contributed by atoms with van der Waals surface area (Å²) in [6, 6.07) is 4.68. The van der Waals surface area contributed by atoms with E-state index in [1.54, 1.807) is 19.2 Å². The molecule has 1 aliphatic rings. The number of carbonyl (C=O) groups is 1. The second-order valence-electron chi connectivity index (χ2n) is 4.87. The van der Waals surface area contributed by atoms with Crippen LogP contribution < -0.4 is 5.73 Å². The highest BCUT2D eigenvalue weighted by Gasteiger charge is 2.46. The number of rotatable bonds is 4. The molecule has 0 aliphatic carbocycles. The summed E-state index contributed by atoms with van der Waals surface area (Å²) in [5.41, 5.74) is 5.49. The number of hydrogen-bond donors (Lipinski definition) is 1. The van der Waals surface area contributed by atoms with E-state index >= 15 is 0 Å². The average molecular weight is 331 g/mol. The zero-order chi connectivity index (χ0) is 14.0. The number of amides is 1. The predicted molar refractivity (Wildman–Crippen MR) is 72.9 cm³/mol. The fourth-order valence-corrected chi connectivity index (χ4v) is 2.48. The number of nitrogens with two attached hydrogens (primary N) is 1. The second kappa shape index (κ2) is 5.56. The van der Waals surface area contributed by atoms with Gasteiger partial charge in [-0.2, -0.15) is 0 Å². The molecule has 1 aromatic carbocycles. The molecule has 0 atom stereocenters. The van der Waals surface area contributed by atoms with E-state index in [2.05, 4.69) is 15.9 Å². The van der Waals surface area contributed by atoms with Crippen LogP contribution in [0.4, 0.5) is 4.39 Å². The third kappa shape index (κ3) is 2.80. The molecular weight excluding hydrogens is 315 g/mol. The van der Waals surface area contributed by atoms with Crippen LogP contribution in [-0.4, -0.2) is 37.6 Å². The molecular formula is C13H16BrFN2O2. The van der Waals surface area contributed by atoms with Gasteiger partial charge in [0.15, 0.2) is 0 Å². The van der Waals surface area contributed by atoms with Crippen LogP contribution in [0, 0.1) is 11.2 Å². The van der Waals surface area contributed by atoms with Gasteiger partial charge >= 0.3 is 0 Å². The molecule has 1 saturated heterocycles. The zero-order valence-corrected chi connectivity index (χ0v) is 12.2. The Morgan fingerprint density at radius 1 is 1.58 bits per heavy atom. The molecule has 6 heteroatoms. The van der Waals surface area contributed by atoms with E-state index in [1.807, 2.05) is 0 Å². The molecule has 1 aliphatic heterocycles. The molecule has 0 aromatic heterocycles. The molecule has 0 unspecified atom stereocenters. The minimum Gasteiger partial charge on any atom is -0.379 e. The van der Waals surface area contributed by atoms with Gasteiger partial charge in [-0.1, -0.05) is 15.9 Å². The van der Waals surface area contributed by atoms with Crippen molar-refractivity contribution in [3.63, 3.8) is 0 Å². The number of carbonyl (C=O) groups excluding carboxylic acids is 1. The molecule has 0 spiro atoms. The van der Waals surface area contributed by atoms with E-state index in [0.29, 0.717) is 18.8 Å². The van der Waals surface area contributed by atoms with E-state index in [-0.39, 0.29) is 24.8 Å². The Morgan fingerprint density at radius 3 is 2.79 bits per heavy atom. The summed E-state index contributed by atoms with van der Waals surface area (Å²) in [5.74, 6) is -0.421. The fourth-order valence-electron chi connectivity index (χ4n) is 2.07. The third-order valence-electron chi connectivity index (χ3n) is 3.36. The Hall–Kier alpha value is -0.980. The van der Waals surface area contributed by atoms with Gasteiger partial charge in [0, 0.05) is 30.2 Å². The maximum atomic E-state index is 13.7. The summed E-state index contributed by atoms with van der Waals surface area (Å²) in [6.07, 6.45) is 0. The van der Waals surface area contributed by atoms with E-state index in [4.69, 9.17) is 10.5 Å². The molecule has 4 nitrogen and oxygen atoms in total. The van der Waals surface area contributed by atoms with E-state index < -0.39 is 5.41 Å². The van der Waals surface area contributed by atoms with Gasteiger partial charge in [0.2, 0.25) is 5.91 Å². The van der Waals surface area contributed by atoms with Crippen molar-refractivity contribution in [3.05, 3.63) is 34.1 Å². The number of benzene rings is 1. The SMILES string of the molecule is CN(Cc1cc(Br)ccc1F)C(=O)C1(CN)COC1. The average Bonchev–Trinajstić information content (AvgIpc) is 2.33. The fraction of sp³-hybridized carbons (Fsp3) is 0.462. The molecule has 2 N–H and O–H groups in total. The van der Waals surface area contributed by atoms with Crippen LogP contribution in [0.2, 0.25) is 0 Å². The number of halogens is 2. The maximum absolute atomic E-state index is 13.7. The molecule has 104 valence electrons. The van der Waals surface area contributed by atoms with Gasteiger partial charge in [-0.15, -0.1) is 0 Å². The van der Waals surface area contributed by atoms with Crippen LogP contribution in [0.3, 0.4) is 0 Å². The highest BCUT2D eigenvalue weighted by molar-refractivity contribution is 9.10. The summed E-state index contributed by atoms with van der Waals surface area (Å²) in [6.45, 7) is 1.14. The molecule has 1 fully saturated rings. The smallest absolute Gasteiger partial charge is 0.234 e. The molecule has 0 saturated carbocycles. The van der Waals surface area contributed by atoms with E-state index in [9.17, 15) is 9.18 Å². The van der Waals surface area contributed by atoms with Gasteiger partial charge in [-0.25, -0.2) is 4.39 Å². The first-order valence-corrected chi connectivity index (χ1v) is 6.75. The van der Waals surface area contributed by atoms with Gasteiger partial charge in [0.1, 0.15) is 11.2 Å². The highest BCUT2D eigenvalue weighted by atomic mass is 79.9. The number of ether oxygens (including phenoxy) is 1. The minimum atomic E-state index is -0.628. The lowest BCUT2D eigenvalue weighted by Gasteiger charge is -2.41. The Morgan fingerprint density at radius 2 is 2.26 bits per heavy atom. The van der Waals surface area contributed by atoms with Crippen LogP contribution >= 0.6 is 15.9 Å². The van der Waals surface area contributed by atoms with Gasteiger partial charge in [0.25, 0.3) is 0 Å². The van der Waals surface area contributed by atoms with Crippen LogP contribution in [0.15, 0.2) is 22.7 Å². The predicted octanol–water partition coefficient (Wildman–Crippen LogP) is 1.52. The maximum Gasteiger partial charge on any atom is 0.234 e. The first-order valence-electron chi connectivity index (χ1n) is 5.96. The van der Waals surface area contributed by atoms with E-state index in [0.717, 1.165) is 4.47 Å². The monoisotopic (exact) mass is 330 g/mol. The first kappa shape index (κ1) is 14.4. The number of nitrogens with zero attached hydrogens (tertiary/aromatic N) is 1. The lowest BCUT2D eigenvalue weighted by molar-refractivity contribution is -0.169. The molecule has 1 aromatic rings. The largest absolute Gasteiger partial charge is 0.379 e. The molecule has 19 heavy (non-hydrogen) atoms. The van der Waals surface area contributed by atoms with Crippen LogP contribution in [0.1, 0.15) is 5.56 Å². The van der Waals surface area contributed by atoms with Crippen molar-refractivity contribution in [3.8, 4) is 0 Å². The third-order valence-corrected chi connectivity index (χ3v) is 3.86. The normalized spacial score (nSPS) is 16.8. The summed E-state index contributed by atoms with van der Waals surface area (Å²) >= 11 is 3.29. The summed E-state index contributed by atoms with van der Waals surface area (Å²) in [5, 5.41) is 0. The quantitative estimate of drug-likeness (QED) is 0.910. The van der Waals surface area contributed by atoms with Crippen molar-refractivity contribution in [2.45, 2.75) is 6.54 Å². The number of hydrogen-bond acceptors (Lipinski definition) is 3. The first-order chi connectivity index (χ1) is 8.98. The van der Waals surface area contributed by atoms with Crippen LogP contribution in [0.5, 0.6) is 0 Å². The van der Waals surface area contributed by atoms with Gasteiger partial charge < -0.3 is 15.4 Å². The Bertz CT molecular complexity index is 486. The Labute approximate surface area is 119 Å². The molecule has 2 rings (SSSR count). The van der Waals surface area contributed by atoms with Gasteiger partial charge in [-0.05, 0) is 18.2 Å². The Balaban J connectivity index is 2.10. The Kier molecular flexibility index (Phi) is 4.23. The highest BCUT2D eigenvalue weighted by Crippen LogP contribution is 2.29. The van der Waals surface area contributed by atoms with Crippen molar-refractivity contribution < 1.29 is 13.9 Å². The van der Waals surface area contributed by atoms with Crippen molar-refractivity contribution >= 4 is 21.8 Å². The molecule has 0 radical (unpaired) electrons. The minimum absolute atomic E-state index is 0.0966. The van der Waals surface area contributed by atoms with E-state index in [1.165, 1.54) is 11.0 Å². The second-order valence-corrected chi connectivity index (χ2v) is 5.79. The molecule has 1 amide bonds. The lowest BCUT2D eigenvalue weighted by atomic mass is 9.84. The van der Waals surface area contributed by atoms with Crippen LogP contribution in [-0.2, 0) is 16.1 Å². The van der Waals surface area contributed by atoms with Crippen molar-refractivity contribution in [1.82, 2.24) is 4.90 Å². The van der Waals surface area contributed by atoms with Crippen molar-refractivity contribution in [1.29, 1.82) is 0 Å². The standard InChI is InChI=1S/C13H16BrFN2O2/c1-17(12(18)13(6-16)7-19-8-13)5-9-4-10(14)2-3-11(9)15/h2-4H,5-8,16H2,1H3. The topological polar surface area (TPSA) is 55.6 Å².